The molecule has 1 unspecified atom stereocenters. The first-order valence-corrected chi connectivity index (χ1v) is 13.8. The van der Waals surface area contributed by atoms with Gasteiger partial charge in [-0.1, -0.05) is 103 Å². The zero-order valence-electron chi connectivity index (χ0n) is 17.3. The van der Waals surface area contributed by atoms with Crippen molar-refractivity contribution in [1.82, 2.24) is 0 Å². The Hall–Kier alpha value is 0.0200. The lowest BCUT2D eigenvalue weighted by Gasteiger charge is -2.05. The van der Waals surface area contributed by atoms with Crippen LogP contribution in [0.4, 0.5) is 0 Å². The van der Waals surface area contributed by atoms with Crippen molar-refractivity contribution >= 4 is 21.2 Å². The average Bonchev–Trinajstić information content (AvgIpc) is 2.60. The molecular weight excluding hydrogens is 384 g/mol. The van der Waals surface area contributed by atoms with Gasteiger partial charge >= 0.3 is 11.4 Å². The van der Waals surface area contributed by atoms with Crippen molar-refractivity contribution in [2.24, 2.45) is 0 Å². The molecule has 0 aliphatic rings. The third kappa shape index (κ3) is 22.2. The fourth-order valence-corrected chi connectivity index (χ4v) is 4.72. The minimum Gasteiger partial charge on any atom is -0.284 e. The van der Waals surface area contributed by atoms with Gasteiger partial charge in [-0.05, 0) is 6.42 Å². The van der Waals surface area contributed by atoms with Gasteiger partial charge in [-0.15, -0.1) is 0 Å². The molecule has 0 aromatic rings. The molecule has 164 valence electrons. The third-order valence-corrected chi connectivity index (χ3v) is 6.96. The van der Waals surface area contributed by atoms with E-state index in [1.807, 2.05) is 0 Å². The molecule has 1 atom stereocenters. The van der Waals surface area contributed by atoms with Crippen LogP contribution in [0.2, 0.25) is 0 Å². The van der Waals surface area contributed by atoms with Crippen LogP contribution in [0, 0.1) is 0 Å². The van der Waals surface area contributed by atoms with Crippen LogP contribution in [0.1, 0.15) is 110 Å². The molecule has 0 aromatic carbocycles. The topological polar surface area (TPSA) is 80.7 Å². The predicted molar refractivity (Wildman–Crippen MR) is 115 cm³/mol. The lowest BCUT2D eigenvalue weighted by atomic mass is 10.0. The molecule has 0 aliphatic carbocycles. The molecule has 1 N–H and O–H groups in total. The molecular formula is C20H42O5S2. The highest BCUT2D eigenvalue weighted by molar-refractivity contribution is 7.91. The fourth-order valence-electron chi connectivity index (χ4n) is 3.20. The molecule has 0 aliphatic heterocycles. The molecule has 0 spiro atoms. The quantitative estimate of drug-likeness (QED) is 0.185. The summed E-state index contributed by atoms with van der Waals surface area (Å²) in [5, 5.41) is 0. The Bertz CT molecular complexity index is 438. The molecule has 7 heteroatoms. The summed E-state index contributed by atoms with van der Waals surface area (Å²) < 4.78 is 46.5. The maximum atomic E-state index is 11.7. The molecule has 0 fully saturated rings. The number of unbranched alkanes of at least 4 members (excludes halogenated alkanes) is 15. The first-order chi connectivity index (χ1) is 13.0. The van der Waals surface area contributed by atoms with Crippen LogP contribution in [0.15, 0.2) is 0 Å². The largest absolute Gasteiger partial charge is 0.301 e. The Morgan fingerprint density at radius 2 is 1.04 bits per heavy atom. The summed E-state index contributed by atoms with van der Waals surface area (Å²) >= 11 is -2.38. The molecule has 0 heterocycles. The average molecular weight is 427 g/mol. The lowest BCUT2D eigenvalue weighted by molar-refractivity contribution is 0.326. The van der Waals surface area contributed by atoms with Crippen LogP contribution >= 0.6 is 0 Å². The second-order valence-electron chi connectivity index (χ2n) is 7.49. The summed E-state index contributed by atoms with van der Waals surface area (Å²) in [6, 6.07) is 0. The van der Waals surface area contributed by atoms with Gasteiger partial charge in [-0.25, -0.2) is 8.42 Å². The molecule has 5 nitrogen and oxygen atoms in total. The Kier molecular flexibility index (Phi) is 19.4. The first-order valence-electron chi connectivity index (χ1n) is 10.9. The number of rotatable bonds is 21. The predicted octanol–water partition coefficient (Wildman–Crippen LogP) is 5.82. The van der Waals surface area contributed by atoms with Crippen LogP contribution in [0.3, 0.4) is 0 Å². The van der Waals surface area contributed by atoms with E-state index in [2.05, 4.69) is 11.1 Å². The summed E-state index contributed by atoms with van der Waals surface area (Å²) in [5.74, 6) is -0.0368. The van der Waals surface area contributed by atoms with Crippen molar-refractivity contribution in [1.29, 1.82) is 0 Å². The van der Waals surface area contributed by atoms with Gasteiger partial charge in [0.05, 0.1) is 18.1 Å². The van der Waals surface area contributed by atoms with Crippen molar-refractivity contribution in [2.45, 2.75) is 110 Å². The zero-order valence-corrected chi connectivity index (χ0v) is 19.0. The monoisotopic (exact) mass is 426 g/mol. The van der Waals surface area contributed by atoms with Gasteiger partial charge in [-0.3, -0.25) is 8.74 Å². The Balaban J connectivity index is 3.25. The van der Waals surface area contributed by atoms with Crippen LogP contribution in [0.5, 0.6) is 0 Å². The van der Waals surface area contributed by atoms with E-state index in [1.54, 1.807) is 0 Å². The zero-order chi connectivity index (χ0) is 20.2. The SMILES string of the molecule is CCCCCCCCCCCCCCCCCCS(=O)(=O)CCOS(=O)O. The smallest absolute Gasteiger partial charge is 0.284 e. The summed E-state index contributed by atoms with van der Waals surface area (Å²) in [7, 11) is -3.17. The number of hydrogen-bond donors (Lipinski definition) is 1. The molecule has 0 aromatic heterocycles. The van der Waals surface area contributed by atoms with E-state index >= 15 is 0 Å². The third-order valence-electron chi connectivity index (χ3n) is 4.89. The number of sulfone groups is 1. The van der Waals surface area contributed by atoms with E-state index in [9.17, 15) is 12.6 Å². The molecule has 0 amide bonds. The van der Waals surface area contributed by atoms with Crippen LogP contribution in [-0.2, 0) is 25.4 Å². The van der Waals surface area contributed by atoms with Gasteiger partial charge in [0.15, 0.2) is 9.84 Å². The Morgan fingerprint density at radius 1 is 0.667 bits per heavy atom. The molecule has 0 saturated carbocycles. The van der Waals surface area contributed by atoms with Gasteiger partial charge in [-0.2, -0.15) is 4.21 Å². The molecule has 0 rings (SSSR count). The minimum atomic E-state index is -3.17. The Morgan fingerprint density at radius 3 is 1.41 bits per heavy atom. The normalized spacial score (nSPS) is 13.1. The van der Waals surface area contributed by atoms with Gasteiger partial charge in [0.2, 0.25) is 0 Å². The van der Waals surface area contributed by atoms with Crippen molar-refractivity contribution in [2.75, 3.05) is 18.1 Å². The highest BCUT2D eigenvalue weighted by atomic mass is 32.2. The molecule has 27 heavy (non-hydrogen) atoms. The fraction of sp³-hybridized carbons (Fsp3) is 1.00. The van der Waals surface area contributed by atoms with Gasteiger partial charge in [0, 0.05) is 0 Å². The molecule has 0 saturated heterocycles. The lowest BCUT2D eigenvalue weighted by Crippen LogP contribution is -2.16. The Labute approximate surface area is 170 Å². The van der Waals surface area contributed by atoms with E-state index in [4.69, 9.17) is 4.55 Å². The van der Waals surface area contributed by atoms with E-state index < -0.39 is 21.2 Å². The maximum absolute atomic E-state index is 11.7. The van der Waals surface area contributed by atoms with Crippen molar-refractivity contribution in [3.05, 3.63) is 0 Å². The second kappa shape index (κ2) is 19.3. The molecule has 0 bridgehead atoms. The van der Waals surface area contributed by atoms with Gasteiger partial charge in [0.1, 0.15) is 0 Å². The minimum absolute atomic E-state index is 0.146. The highest BCUT2D eigenvalue weighted by Gasteiger charge is 2.11. The number of hydrogen-bond acceptors (Lipinski definition) is 4. The van der Waals surface area contributed by atoms with E-state index in [1.165, 1.54) is 83.5 Å². The van der Waals surface area contributed by atoms with E-state index in [0.29, 0.717) is 6.42 Å². The van der Waals surface area contributed by atoms with Crippen molar-refractivity contribution < 1.29 is 21.4 Å². The van der Waals surface area contributed by atoms with Gasteiger partial charge < -0.3 is 0 Å². The van der Waals surface area contributed by atoms with Crippen LogP contribution in [0.25, 0.3) is 0 Å². The second-order valence-corrected chi connectivity index (χ2v) is 10.5. The summed E-state index contributed by atoms with van der Waals surface area (Å²) in [4.78, 5) is 0. The highest BCUT2D eigenvalue weighted by Crippen LogP contribution is 2.14. The van der Waals surface area contributed by atoms with Crippen LogP contribution in [-0.4, -0.2) is 35.3 Å². The first kappa shape index (κ1) is 27.0. The standard InChI is InChI=1S/C20H42O5S2/c1-2-3-4-5-6-7-8-9-10-11-12-13-14-15-16-17-19-27(23,24)20-18-25-26(21)22/h2-20H2,1H3,(H,21,22). The van der Waals surface area contributed by atoms with Crippen molar-refractivity contribution in [3.8, 4) is 0 Å². The van der Waals surface area contributed by atoms with Crippen molar-refractivity contribution in [3.63, 3.8) is 0 Å². The summed E-state index contributed by atoms with van der Waals surface area (Å²) in [6.45, 7) is 2.04. The molecule has 0 radical (unpaired) electrons. The van der Waals surface area contributed by atoms with E-state index in [-0.39, 0.29) is 18.1 Å². The van der Waals surface area contributed by atoms with E-state index in [0.717, 1.165) is 12.8 Å². The summed E-state index contributed by atoms with van der Waals surface area (Å²) in [6.07, 6.45) is 20.2. The summed E-state index contributed by atoms with van der Waals surface area (Å²) in [5.41, 5.74) is 0. The van der Waals surface area contributed by atoms with Gasteiger partial charge in [0.25, 0.3) is 0 Å². The maximum Gasteiger partial charge on any atom is 0.301 e. The van der Waals surface area contributed by atoms with Crippen LogP contribution < -0.4 is 0 Å².